The summed E-state index contributed by atoms with van der Waals surface area (Å²) in [5.41, 5.74) is -0.887. The number of halogens is 2. The molecule has 1 unspecified atom stereocenters. The molecule has 0 aliphatic carbocycles. The van der Waals surface area contributed by atoms with Crippen LogP contribution in [0, 0.1) is 21.7 Å². The molecular formula is C11H12F2N2O3. The van der Waals surface area contributed by atoms with Crippen molar-refractivity contribution in [3.8, 4) is 5.75 Å². The minimum atomic E-state index is -1.10. The van der Waals surface area contributed by atoms with Crippen molar-refractivity contribution in [3.05, 3.63) is 33.9 Å². The maximum atomic E-state index is 13.5. The predicted molar refractivity (Wildman–Crippen MR) is 59.5 cm³/mol. The van der Waals surface area contributed by atoms with E-state index in [0.717, 1.165) is 25.5 Å². The molecule has 0 amide bonds. The fraction of sp³-hybridized carbons (Fsp3) is 0.455. The van der Waals surface area contributed by atoms with Gasteiger partial charge in [-0.25, -0.2) is 4.39 Å². The van der Waals surface area contributed by atoms with Gasteiger partial charge in [0.15, 0.2) is 11.6 Å². The molecule has 1 heterocycles. The Labute approximate surface area is 102 Å². The van der Waals surface area contributed by atoms with Gasteiger partial charge in [-0.1, -0.05) is 0 Å². The summed E-state index contributed by atoms with van der Waals surface area (Å²) in [6, 6.07) is 1.27. The molecule has 1 N–H and O–H groups in total. The van der Waals surface area contributed by atoms with Crippen molar-refractivity contribution in [2.45, 2.75) is 18.9 Å². The number of rotatable bonds is 3. The molecule has 0 saturated carbocycles. The third kappa shape index (κ3) is 2.73. The second-order valence-electron chi connectivity index (χ2n) is 4.08. The number of nitro groups is 1. The van der Waals surface area contributed by atoms with E-state index >= 15 is 0 Å². The number of hydrogen-bond donors (Lipinski definition) is 1. The summed E-state index contributed by atoms with van der Waals surface area (Å²) in [6.07, 6.45) is 1.39. The van der Waals surface area contributed by atoms with Gasteiger partial charge >= 0.3 is 5.69 Å². The van der Waals surface area contributed by atoms with E-state index in [-0.39, 0.29) is 11.9 Å². The van der Waals surface area contributed by atoms with Crippen molar-refractivity contribution in [1.29, 1.82) is 0 Å². The van der Waals surface area contributed by atoms with Crippen molar-refractivity contribution in [2.24, 2.45) is 0 Å². The van der Waals surface area contributed by atoms with Crippen LogP contribution in [0.3, 0.4) is 0 Å². The molecule has 0 aromatic heterocycles. The van der Waals surface area contributed by atoms with Gasteiger partial charge in [-0.3, -0.25) is 10.1 Å². The number of piperidine rings is 1. The van der Waals surface area contributed by atoms with Crippen molar-refractivity contribution in [3.63, 3.8) is 0 Å². The maximum Gasteiger partial charge on any atom is 0.307 e. The van der Waals surface area contributed by atoms with Crippen LogP contribution in [-0.2, 0) is 0 Å². The van der Waals surface area contributed by atoms with E-state index in [9.17, 15) is 18.9 Å². The molecule has 0 bridgehead atoms. The van der Waals surface area contributed by atoms with Crippen LogP contribution in [0.25, 0.3) is 0 Å². The third-order valence-corrected chi connectivity index (χ3v) is 2.74. The highest BCUT2D eigenvalue weighted by molar-refractivity contribution is 5.39. The fourth-order valence-electron chi connectivity index (χ4n) is 1.85. The Bertz CT molecular complexity index is 462. The minimum absolute atomic E-state index is 0.242. The number of nitro benzene ring substituents is 1. The lowest BCUT2D eigenvalue weighted by Gasteiger charge is -2.24. The van der Waals surface area contributed by atoms with E-state index in [2.05, 4.69) is 5.32 Å². The molecule has 18 heavy (non-hydrogen) atoms. The Balaban J connectivity index is 2.18. The van der Waals surface area contributed by atoms with Gasteiger partial charge in [0.05, 0.1) is 11.0 Å². The van der Waals surface area contributed by atoms with E-state index in [4.69, 9.17) is 4.74 Å². The highest BCUT2D eigenvalue weighted by Crippen LogP contribution is 2.27. The summed E-state index contributed by atoms with van der Waals surface area (Å²) in [7, 11) is 0. The van der Waals surface area contributed by atoms with Crippen LogP contribution in [-0.4, -0.2) is 24.1 Å². The molecule has 1 atom stereocenters. The summed E-state index contributed by atoms with van der Waals surface area (Å²) < 4.78 is 32.2. The molecular weight excluding hydrogens is 246 g/mol. The molecule has 5 nitrogen and oxygen atoms in total. The van der Waals surface area contributed by atoms with Crippen LogP contribution in [0.5, 0.6) is 5.75 Å². The lowest BCUT2D eigenvalue weighted by atomic mass is 10.1. The number of nitrogens with one attached hydrogen (secondary N) is 1. The van der Waals surface area contributed by atoms with Gasteiger partial charge in [-0.05, 0) is 19.4 Å². The first-order valence-electron chi connectivity index (χ1n) is 5.58. The second-order valence-corrected chi connectivity index (χ2v) is 4.08. The molecule has 98 valence electrons. The Kier molecular flexibility index (Phi) is 3.71. The SMILES string of the molecule is O=[N+]([O-])c1cc(F)c(OC2CCCNC2)cc1F. The quantitative estimate of drug-likeness (QED) is 0.665. The molecule has 1 fully saturated rings. The summed E-state index contributed by atoms with van der Waals surface area (Å²) >= 11 is 0. The molecule has 2 rings (SSSR count). The van der Waals surface area contributed by atoms with Gasteiger partial charge < -0.3 is 10.1 Å². The van der Waals surface area contributed by atoms with Crippen LogP contribution in [0.2, 0.25) is 0 Å². The first kappa shape index (κ1) is 12.7. The van der Waals surface area contributed by atoms with Gasteiger partial charge in [0.25, 0.3) is 0 Å². The molecule has 1 aromatic rings. The average Bonchev–Trinajstić information content (AvgIpc) is 2.34. The molecule has 1 aromatic carbocycles. The zero-order valence-electron chi connectivity index (χ0n) is 9.49. The van der Waals surface area contributed by atoms with Gasteiger partial charge in [-0.15, -0.1) is 0 Å². The third-order valence-electron chi connectivity index (χ3n) is 2.74. The van der Waals surface area contributed by atoms with Gasteiger partial charge in [0, 0.05) is 12.6 Å². The molecule has 0 spiro atoms. The molecule has 1 aliphatic heterocycles. The predicted octanol–water partition coefficient (Wildman–Crippen LogP) is 2.00. The monoisotopic (exact) mass is 258 g/mol. The summed E-state index contributed by atoms with van der Waals surface area (Å²) in [6.45, 7) is 1.43. The van der Waals surface area contributed by atoms with Crippen LogP contribution >= 0.6 is 0 Å². The second kappa shape index (κ2) is 5.26. The van der Waals surface area contributed by atoms with Crippen molar-refractivity contribution < 1.29 is 18.4 Å². The molecule has 1 aliphatic rings. The summed E-state index contributed by atoms with van der Waals surface area (Å²) in [5, 5.41) is 13.5. The van der Waals surface area contributed by atoms with Crippen LogP contribution in [0.15, 0.2) is 12.1 Å². The number of benzene rings is 1. The van der Waals surface area contributed by atoms with Crippen molar-refractivity contribution in [1.82, 2.24) is 5.32 Å². The number of nitrogens with zero attached hydrogens (tertiary/aromatic N) is 1. The van der Waals surface area contributed by atoms with Crippen LogP contribution < -0.4 is 10.1 Å². The van der Waals surface area contributed by atoms with Crippen LogP contribution in [0.4, 0.5) is 14.5 Å². The number of hydrogen-bond acceptors (Lipinski definition) is 4. The van der Waals surface area contributed by atoms with E-state index < -0.39 is 22.2 Å². The topological polar surface area (TPSA) is 64.4 Å². The maximum absolute atomic E-state index is 13.5. The summed E-state index contributed by atoms with van der Waals surface area (Å²) in [4.78, 5) is 9.46. The van der Waals surface area contributed by atoms with Crippen LogP contribution in [0.1, 0.15) is 12.8 Å². The Morgan fingerprint density at radius 1 is 1.39 bits per heavy atom. The lowest BCUT2D eigenvalue weighted by molar-refractivity contribution is -0.387. The largest absolute Gasteiger partial charge is 0.486 e. The zero-order chi connectivity index (χ0) is 13.1. The fourth-order valence-corrected chi connectivity index (χ4v) is 1.85. The summed E-state index contributed by atoms with van der Waals surface area (Å²) in [5.74, 6) is -2.30. The zero-order valence-corrected chi connectivity index (χ0v) is 9.49. The Morgan fingerprint density at radius 2 is 2.17 bits per heavy atom. The first-order chi connectivity index (χ1) is 8.58. The van der Waals surface area contributed by atoms with Gasteiger partial charge in [-0.2, -0.15) is 4.39 Å². The molecule has 0 radical (unpaired) electrons. The normalized spacial score (nSPS) is 19.6. The average molecular weight is 258 g/mol. The first-order valence-corrected chi connectivity index (χ1v) is 5.58. The lowest BCUT2D eigenvalue weighted by Crippen LogP contribution is -2.37. The van der Waals surface area contributed by atoms with Gasteiger partial charge in [0.1, 0.15) is 6.10 Å². The highest BCUT2D eigenvalue weighted by Gasteiger charge is 2.22. The Hall–Kier alpha value is -1.76. The Morgan fingerprint density at radius 3 is 2.78 bits per heavy atom. The van der Waals surface area contributed by atoms with E-state index in [0.29, 0.717) is 12.6 Å². The highest BCUT2D eigenvalue weighted by atomic mass is 19.1. The minimum Gasteiger partial charge on any atom is -0.486 e. The van der Waals surface area contributed by atoms with E-state index in [1.165, 1.54) is 0 Å². The van der Waals surface area contributed by atoms with Crippen molar-refractivity contribution in [2.75, 3.05) is 13.1 Å². The standard InChI is InChI=1S/C11H12F2N2O3/c12-8-5-11(9(13)4-10(8)15(16)17)18-7-2-1-3-14-6-7/h4-5,7,14H,1-3,6H2. The van der Waals surface area contributed by atoms with E-state index in [1.54, 1.807) is 0 Å². The van der Waals surface area contributed by atoms with E-state index in [1.807, 2.05) is 0 Å². The molecule has 1 saturated heterocycles. The smallest absolute Gasteiger partial charge is 0.307 e. The van der Waals surface area contributed by atoms with Gasteiger partial charge in [0.2, 0.25) is 5.82 Å². The number of ether oxygens (including phenoxy) is 1. The van der Waals surface area contributed by atoms with Crippen molar-refractivity contribution >= 4 is 5.69 Å². The molecule has 7 heteroatoms.